The Bertz CT molecular complexity index is 915. The fourth-order valence-corrected chi connectivity index (χ4v) is 4.60. The molecule has 0 saturated heterocycles. The van der Waals surface area contributed by atoms with Crippen LogP contribution in [0.3, 0.4) is 0 Å². The van der Waals surface area contributed by atoms with Crippen molar-refractivity contribution in [2.45, 2.75) is 72.6 Å². The van der Waals surface area contributed by atoms with Gasteiger partial charge in [-0.3, -0.25) is 4.79 Å². The van der Waals surface area contributed by atoms with Crippen molar-refractivity contribution in [3.05, 3.63) is 64.8 Å². The molecule has 1 aliphatic carbocycles. The average molecular weight is 454 g/mol. The van der Waals surface area contributed by atoms with E-state index in [-0.39, 0.29) is 17.3 Å². The molecular weight excluding hydrogens is 414 g/mol. The van der Waals surface area contributed by atoms with Crippen LogP contribution in [0.25, 0.3) is 0 Å². The molecule has 0 aromatic heterocycles. The lowest BCUT2D eigenvalue weighted by Crippen LogP contribution is -2.22. The molecule has 0 fully saturated rings. The number of hydrogen-bond donors (Lipinski definition) is 1. The van der Waals surface area contributed by atoms with Gasteiger partial charge < -0.3 is 10.1 Å². The highest BCUT2D eigenvalue weighted by Gasteiger charge is 2.26. The molecule has 1 N–H and O–H groups in total. The third kappa shape index (κ3) is 8.27. The van der Waals surface area contributed by atoms with Crippen LogP contribution >= 0.6 is 0 Å². The van der Waals surface area contributed by atoms with Gasteiger partial charge in [0, 0.05) is 19.8 Å². The Morgan fingerprint density at radius 1 is 1.16 bits per heavy atom. The first-order valence-electron chi connectivity index (χ1n) is 11.5. The smallest absolute Gasteiger partial charge is 0.338 e. The first kappa shape index (κ1) is 25.9. The van der Waals surface area contributed by atoms with Crippen molar-refractivity contribution in [1.82, 2.24) is 0 Å². The molecule has 0 heterocycles. The number of anilines is 1. The molecule has 1 amide bonds. The molecule has 1 aromatic rings. The lowest BCUT2D eigenvalue weighted by Gasteiger charge is -2.32. The largest absolute Gasteiger partial charge is 0.462 e. The predicted molar refractivity (Wildman–Crippen MR) is 137 cm³/mol. The van der Waals surface area contributed by atoms with Gasteiger partial charge >= 0.3 is 5.97 Å². The minimum atomic E-state index is -1.23. The summed E-state index contributed by atoms with van der Waals surface area (Å²) in [5, 5.41) is 2.86. The fourth-order valence-electron chi connectivity index (χ4n) is 3.88. The lowest BCUT2D eigenvalue weighted by atomic mass is 9.72. The quantitative estimate of drug-likeness (QED) is 0.197. The third-order valence-electron chi connectivity index (χ3n) is 5.89. The molecule has 4 nitrogen and oxygen atoms in total. The molecule has 5 heteroatoms. The molecule has 0 atom stereocenters. The zero-order chi connectivity index (χ0) is 23.9. The van der Waals surface area contributed by atoms with Gasteiger partial charge in [-0.25, -0.2) is 4.79 Å². The van der Waals surface area contributed by atoms with Crippen molar-refractivity contribution in [2.75, 3.05) is 11.9 Å². The molecule has 0 spiro atoms. The van der Waals surface area contributed by atoms with Crippen LogP contribution in [0, 0.1) is 5.41 Å². The molecule has 2 rings (SSSR count). The Kier molecular flexibility index (Phi) is 8.85. The van der Waals surface area contributed by atoms with Crippen LogP contribution in [-0.2, 0) is 9.53 Å². The Morgan fingerprint density at radius 3 is 2.41 bits per heavy atom. The van der Waals surface area contributed by atoms with Gasteiger partial charge in [0.25, 0.3) is 0 Å². The first-order valence-corrected chi connectivity index (χ1v) is 15.2. The Hall–Kier alpha value is -2.40. The summed E-state index contributed by atoms with van der Waals surface area (Å²) in [6, 6.07) is 7.77. The highest BCUT2D eigenvalue weighted by molar-refractivity contribution is 6.76. The number of esters is 1. The Labute approximate surface area is 194 Å². The van der Waals surface area contributed by atoms with E-state index in [4.69, 9.17) is 4.74 Å². The number of nitrogens with one attached hydrogen (secondary N) is 1. The number of carbonyl (C=O) groups is 2. The van der Waals surface area contributed by atoms with Crippen molar-refractivity contribution < 1.29 is 14.3 Å². The van der Waals surface area contributed by atoms with Gasteiger partial charge in [-0.05, 0) is 80.0 Å². The van der Waals surface area contributed by atoms with E-state index >= 15 is 0 Å². The summed E-state index contributed by atoms with van der Waals surface area (Å²) in [4.78, 5) is 24.6. The second kappa shape index (κ2) is 11.0. The monoisotopic (exact) mass is 453 g/mol. The summed E-state index contributed by atoms with van der Waals surface area (Å²) in [6.07, 6.45) is 9.35. The average Bonchev–Trinajstić information content (AvgIpc) is 2.66. The summed E-state index contributed by atoms with van der Waals surface area (Å²) in [5.41, 5.74) is 5.03. The molecule has 0 saturated carbocycles. The maximum atomic E-state index is 12.4. The van der Waals surface area contributed by atoms with E-state index in [1.807, 2.05) is 13.0 Å². The van der Waals surface area contributed by atoms with Crippen molar-refractivity contribution >= 4 is 25.6 Å². The molecule has 0 bridgehead atoms. The molecule has 1 aromatic carbocycles. The summed E-state index contributed by atoms with van der Waals surface area (Å²) in [6.45, 7) is 15.9. The van der Waals surface area contributed by atoms with Crippen LogP contribution in [0.5, 0.6) is 0 Å². The Morgan fingerprint density at radius 2 is 1.81 bits per heavy atom. The van der Waals surface area contributed by atoms with Gasteiger partial charge in [0.2, 0.25) is 5.91 Å². The van der Waals surface area contributed by atoms with Gasteiger partial charge in [-0.2, -0.15) is 0 Å². The van der Waals surface area contributed by atoms with Crippen LogP contribution < -0.4 is 5.32 Å². The van der Waals surface area contributed by atoms with Gasteiger partial charge in [0.05, 0.1) is 12.2 Å². The van der Waals surface area contributed by atoms with E-state index in [2.05, 4.69) is 51.8 Å². The number of hydrogen-bond acceptors (Lipinski definition) is 3. The fraction of sp³-hybridized carbons (Fsp3) is 0.481. The summed E-state index contributed by atoms with van der Waals surface area (Å²) in [5.74, 6) is -0.511. The number of rotatable bonds is 8. The number of carbonyl (C=O) groups excluding carboxylic acids is 2. The summed E-state index contributed by atoms with van der Waals surface area (Å²) >= 11 is 0. The second-order valence-electron chi connectivity index (χ2n) is 10.7. The highest BCUT2D eigenvalue weighted by Crippen LogP contribution is 2.40. The molecular formula is C27H39NO3Si. The molecule has 0 radical (unpaired) electrons. The van der Waals surface area contributed by atoms with Crippen LogP contribution in [0.15, 0.2) is 59.2 Å². The van der Waals surface area contributed by atoms with Gasteiger partial charge in [0.1, 0.15) is 0 Å². The van der Waals surface area contributed by atoms with Gasteiger partial charge in [0.15, 0.2) is 0 Å². The predicted octanol–water partition coefficient (Wildman–Crippen LogP) is 7.15. The van der Waals surface area contributed by atoms with Crippen molar-refractivity contribution in [3.8, 4) is 0 Å². The molecule has 32 heavy (non-hydrogen) atoms. The van der Waals surface area contributed by atoms with Crippen molar-refractivity contribution in [2.24, 2.45) is 5.41 Å². The van der Waals surface area contributed by atoms with E-state index in [1.165, 1.54) is 24.0 Å². The van der Waals surface area contributed by atoms with E-state index in [0.29, 0.717) is 17.9 Å². The number of benzene rings is 1. The standard InChI is InChI=1S/C27H39NO3Si/c1-20(10-15-24-21(2)9-8-16-27(24,3)4)19-25(29)28-23-13-11-22(12-14-23)26(30)31-17-18-32(5,6)7/h10-15,19H,8-9,16-18H2,1-7H3,(H,28,29)/b15-10+,20-19+. The summed E-state index contributed by atoms with van der Waals surface area (Å²) < 4.78 is 5.36. The van der Waals surface area contributed by atoms with Crippen LogP contribution in [0.4, 0.5) is 5.69 Å². The molecule has 0 unspecified atom stereocenters. The third-order valence-corrected chi connectivity index (χ3v) is 7.59. The molecule has 1 aliphatic rings. The normalized spacial score (nSPS) is 16.9. The van der Waals surface area contributed by atoms with Crippen molar-refractivity contribution in [1.29, 1.82) is 0 Å². The van der Waals surface area contributed by atoms with Gasteiger partial charge in [-0.15, -0.1) is 0 Å². The van der Waals surface area contributed by atoms with E-state index in [9.17, 15) is 9.59 Å². The molecule has 174 valence electrons. The Balaban J connectivity index is 1.93. The highest BCUT2D eigenvalue weighted by atomic mass is 28.3. The topological polar surface area (TPSA) is 55.4 Å². The van der Waals surface area contributed by atoms with Crippen LogP contribution in [-0.4, -0.2) is 26.6 Å². The van der Waals surface area contributed by atoms with Crippen molar-refractivity contribution in [3.63, 3.8) is 0 Å². The number of amides is 1. The maximum Gasteiger partial charge on any atom is 0.338 e. The van der Waals surface area contributed by atoms with Crippen LogP contribution in [0.1, 0.15) is 57.3 Å². The number of allylic oxidation sites excluding steroid dienone is 5. The summed E-state index contributed by atoms with van der Waals surface area (Å²) in [7, 11) is -1.23. The first-order chi connectivity index (χ1) is 14.9. The van der Waals surface area contributed by atoms with Gasteiger partial charge in [-0.1, -0.05) is 51.2 Å². The SMILES string of the molecule is CC1=C(/C=C/C(C)=C/C(=O)Nc2ccc(C(=O)OCC[Si](C)(C)C)cc2)C(C)(C)CCC1. The number of ether oxygens (including phenoxy) is 1. The second-order valence-corrected chi connectivity index (χ2v) is 16.3. The molecule has 0 aliphatic heterocycles. The maximum absolute atomic E-state index is 12.4. The van der Waals surface area contributed by atoms with E-state index in [0.717, 1.165) is 18.0 Å². The lowest BCUT2D eigenvalue weighted by molar-refractivity contribution is -0.111. The van der Waals surface area contributed by atoms with Crippen LogP contribution in [0.2, 0.25) is 25.7 Å². The minimum absolute atomic E-state index is 0.180. The zero-order valence-corrected chi connectivity index (χ0v) is 21.8. The zero-order valence-electron chi connectivity index (χ0n) is 20.8. The van der Waals surface area contributed by atoms with E-state index in [1.54, 1.807) is 30.3 Å². The minimum Gasteiger partial charge on any atom is -0.462 e. The van der Waals surface area contributed by atoms with E-state index < -0.39 is 8.07 Å².